The van der Waals surface area contributed by atoms with E-state index in [9.17, 15) is 4.79 Å². The Hall–Kier alpha value is -0.320. The van der Waals surface area contributed by atoms with E-state index in [1.165, 1.54) is 0 Å². The van der Waals surface area contributed by atoms with Gasteiger partial charge in [-0.1, -0.05) is 6.92 Å². The molecule has 0 spiro atoms. The van der Waals surface area contributed by atoms with Crippen molar-refractivity contribution >= 4 is 18.4 Å². The Morgan fingerprint density at radius 2 is 2.25 bits per heavy atom. The second-order valence-corrected chi connectivity index (χ2v) is 4.06. The molecule has 2 unspecified atom stereocenters. The largest absolute Gasteiger partial charge is 0.465 e. The molecule has 0 aromatic carbocycles. The maximum Gasteiger partial charge on any atom is 0.323 e. The van der Waals surface area contributed by atoms with E-state index in [4.69, 9.17) is 10.5 Å². The Kier molecular flexibility index (Phi) is 7.72. The van der Waals surface area contributed by atoms with Gasteiger partial charge in [-0.15, -0.1) is 12.4 Å². The molecule has 0 saturated carbocycles. The maximum absolute atomic E-state index is 11.7. The normalized spacial score (nSPS) is 22.6. The molecule has 1 aliphatic rings. The van der Waals surface area contributed by atoms with Gasteiger partial charge >= 0.3 is 5.97 Å². The highest BCUT2D eigenvalue weighted by atomic mass is 35.5. The van der Waals surface area contributed by atoms with E-state index < -0.39 is 0 Å². The van der Waals surface area contributed by atoms with Crippen LogP contribution in [0.3, 0.4) is 0 Å². The Morgan fingerprint density at radius 1 is 1.56 bits per heavy atom. The van der Waals surface area contributed by atoms with Crippen molar-refractivity contribution in [2.45, 2.75) is 32.7 Å². The fourth-order valence-electron chi connectivity index (χ4n) is 2.15. The summed E-state index contributed by atoms with van der Waals surface area (Å²) in [6.07, 6.45) is 1.92. The second kappa shape index (κ2) is 7.87. The predicted octanol–water partition coefficient (Wildman–Crippen LogP) is 1.03. The van der Waals surface area contributed by atoms with E-state index >= 15 is 0 Å². The predicted molar refractivity (Wildman–Crippen MR) is 66.7 cm³/mol. The number of halogens is 1. The molecule has 0 aromatic rings. The Bertz CT molecular complexity index is 214. The van der Waals surface area contributed by atoms with Crippen LogP contribution in [-0.2, 0) is 9.53 Å². The van der Waals surface area contributed by atoms with Crippen LogP contribution in [0.5, 0.6) is 0 Å². The van der Waals surface area contributed by atoms with Gasteiger partial charge in [0, 0.05) is 6.54 Å². The number of carbonyl (C=O) groups excluding carboxylic acids is 1. The van der Waals surface area contributed by atoms with Gasteiger partial charge in [-0.3, -0.25) is 9.69 Å². The van der Waals surface area contributed by atoms with Gasteiger partial charge in [-0.05, 0) is 38.8 Å². The van der Waals surface area contributed by atoms with Crippen molar-refractivity contribution in [1.82, 2.24) is 4.90 Å². The quantitative estimate of drug-likeness (QED) is 0.741. The van der Waals surface area contributed by atoms with Crippen molar-refractivity contribution in [3.05, 3.63) is 0 Å². The van der Waals surface area contributed by atoms with Gasteiger partial charge in [-0.25, -0.2) is 0 Å². The number of esters is 1. The third-order valence-electron chi connectivity index (χ3n) is 3.04. The van der Waals surface area contributed by atoms with Crippen molar-refractivity contribution in [1.29, 1.82) is 0 Å². The molecule has 0 radical (unpaired) electrons. The van der Waals surface area contributed by atoms with Crippen molar-refractivity contribution < 1.29 is 9.53 Å². The highest BCUT2D eigenvalue weighted by molar-refractivity contribution is 5.85. The lowest BCUT2D eigenvalue weighted by Gasteiger charge is -2.24. The molecule has 2 N–H and O–H groups in total. The number of nitrogens with zero attached hydrogens (tertiary/aromatic N) is 1. The fourth-order valence-corrected chi connectivity index (χ4v) is 2.15. The lowest BCUT2D eigenvalue weighted by molar-refractivity contribution is -0.149. The zero-order valence-corrected chi connectivity index (χ0v) is 11.0. The maximum atomic E-state index is 11.7. The van der Waals surface area contributed by atoms with Gasteiger partial charge in [0.05, 0.1) is 6.61 Å². The summed E-state index contributed by atoms with van der Waals surface area (Å²) >= 11 is 0. The minimum Gasteiger partial charge on any atom is -0.465 e. The summed E-state index contributed by atoms with van der Waals surface area (Å²) in [4.78, 5) is 13.9. The van der Waals surface area contributed by atoms with Gasteiger partial charge in [-0.2, -0.15) is 0 Å². The lowest BCUT2D eigenvalue weighted by atomic mass is 10.1. The van der Waals surface area contributed by atoms with Gasteiger partial charge in [0.1, 0.15) is 6.04 Å². The number of rotatable bonds is 5. The Labute approximate surface area is 104 Å². The molecule has 1 aliphatic heterocycles. The SMILES string of the molecule is CCOC(=O)C(CC)N1CCC(CN)C1.Cl. The van der Waals surface area contributed by atoms with E-state index in [1.807, 2.05) is 13.8 Å². The van der Waals surface area contributed by atoms with Gasteiger partial charge in [0.2, 0.25) is 0 Å². The summed E-state index contributed by atoms with van der Waals surface area (Å²) in [5.41, 5.74) is 5.63. The average molecular weight is 251 g/mol. The van der Waals surface area contributed by atoms with Gasteiger partial charge in [0.25, 0.3) is 0 Å². The molecule has 0 amide bonds. The average Bonchev–Trinajstić information content (AvgIpc) is 2.68. The highest BCUT2D eigenvalue weighted by Gasteiger charge is 2.31. The van der Waals surface area contributed by atoms with E-state index in [0.29, 0.717) is 12.5 Å². The molecule has 1 saturated heterocycles. The topological polar surface area (TPSA) is 55.6 Å². The first-order valence-electron chi connectivity index (χ1n) is 5.83. The summed E-state index contributed by atoms with van der Waals surface area (Å²) in [6, 6.07) is -0.0681. The molecule has 1 fully saturated rings. The van der Waals surface area contributed by atoms with Crippen molar-refractivity contribution in [3.8, 4) is 0 Å². The first kappa shape index (κ1) is 15.7. The number of carbonyl (C=O) groups is 1. The van der Waals surface area contributed by atoms with Crippen LogP contribution in [0.2, 0.25) is 0 Å². The van der Waals surface area contributed by atoms with Crippen LogP contribution in [0, 0.1) is 5.92 Å². The second-order valence-electron chi connectivity index (χ2n) is 4.06. The standard InChI is InChI=1S/C11H22N2O2.ClH/c1-3-10(11(14)15-4-2)13-6-5-9(7-12)8-13;/h9-10H,3-8,12H2,1-2H3;1H. The third kappa shape index (κ3) is 3.92. The third-order valence-corrected chi connectivity index (χ3v) is 3.04. The molecule has 4 nitrogen and oxygen atoms in total. The molecule has 0 aliphatic carbocycles. The summed E-state index contributed by atoms with van der Waals surface area (Å²) in [5, 5.41) is 0. The molecule has 0 bridgehead atoms. The molecular formula is C11H23ClN2O2. The van der Waals surface area contributed by atoms with Crippen molar-refractivity contribution in [3.63, 3.8) is 0 Å². The fraction of sp³-hybridized carbons (Fsp3) is 0.909. The molecule has 1 heterocycles. The first-order valence-corrected chi connectivity index (χ1v) is 5.83. The minimum atomic E-state index is -0.0855. The van der Waals surface area contributed by atoms with Crippen LogP contribution < -0.4 is 5.73 Å². The molecule has 16 heavy (non-hydrogen) atoms. The number of ether oxygens (including phenoxy) is 1. The van der Waals surface area contributed by atoms with E-state index in [-0.39, 0.29) is 24.4 Å². The zero-order valence-electron chi connectivity index (χ0n) is 10.1. The van der Waals surface area contributed by atoms with Crippen LogP contribution in [0.15, 0.2) is 0 Å². The van der Waals surface area contributed by atoms with Crippen molar-refractivity contribution in [2.75, 3.05) is 26.2 Å². The van der Waals surface area contributed by atoms with Crippen molar-refractivity contribution in [2.24, 2.45) is 11.7 Å². The van der Waals surface area contributed by atoms with Crippen LogP contribution in [0.25, 0.3) is 0 Å². The van der Waals surface area contributed by atoms with E-state index in [1.54, 1.807) is 0 Å². The number of nitrogens with two attached hydrogens (primary N) is 1. The molecule has 2 atom stereocenters. The molecule has 1 rings (SSSR count). The number of likely N-dealkylation sites (tertiary alicyclic amines) is 1. The number of hydrogen-bond acceptors (Lipinski definition) is 4. The smallest absolute Gasteiger partial charge is 0.323 e. The van der Waals surface area contributed by atoms with Crippen LogP contribution in [0.4, 0.5) is 0 Å². The van der Waals surface area contributed by atoms with Crippen LogP contribution in [-0.4, -0.2) is 43.2 Å². The van der Waals surface area contributed by atoms with Crippen LogP contribution >= 0.6 is 12.4 Å². The lowest BCUT2D eigenvalue weighted by Crippen LogP contribution is -2.40. The molecular weight excluding hydrogens is 228 g/mol. The first-order chi connectivity index (χ1) is 7.22. The number of hydrogen-bond donors (Lipinski definition) is 1. The Balaban J connectivity index is 0.00000225. The van der Waals surface area contributed by atoms with Gasteiger partial charge in [0.15, 0.2) is 0 Å². The zero-order chi connectivity index (χ0) is 11.3. The molecule has 0 aromatic heterocycles. The van der Waals surface area contributed by atoms with Gasteiger partial charge < -0.3 is 10.5 Å². The minimum absolute atomic E-state index is 0. The van der Waals surface area contributed by atoms with E-state index in [0.717, 1.165) is 32.5 Å². The Morgan fingerprint density at radius 3 is 2.69 bits per heavy atom. The molecule has 96 valence electrons. The summed E-state index contributed by atoms with van der Waals surface area (Å²) in [7, 11) is 0. The summed E-state index contributed by atoms with van der Waals surface area (Å²) in [5.74, 6) is 0.464. The monoisotopic (exact) mass is 250 g/mol. The summed E-state index contributed by atoms with van der Waals surface area (Å²) < 4.78 is 5.06. The highest BCUT2D eigenvalue weighted by Crippen LogP contribution is 2.19. The van der Waals surface area contributed by atoms with E-state index in [2.05, 4.69) is 4.90 Å². The molecule has 5 heteroatoms. The van der Waals surface area contributed by atoms with Crippen LogP contribution in [0.1, 0.15) is 26.7 Å². The summed E-state index contributed by atoms with van der Waals surface area (Å²) in [6.45, 7) is 6.96.